The van der Waals surface area contributed by atoms with Crippen molar-refractivity contribution in [2.45, 2.75) is 45.3 Å². The van der Waals surface area contributed by atoms with Crippen molar-refractivity contribution < 1.29 is 24.5 Å². The van der Waals surface area contributed by atoms with Gasteiger partial charge in [-0.1, -0.05) is 25.5 Å². The van der Waals surface area contributed by atoms with Gasteiger partial charge in [0, 0.05) is 57.0 Å². The van der Waals surface area contributed by atoms with Crippen LogP contribution < -0.4 is 0 Å². The molecule has 1 saturated carbocycles. The maximum Gasteiger partial charge on any atom is 0.311 e. The van der Waals surface area contributed by atoms with Gasteiger partial charge < -0.3 is 19.7 Å². The highest BCUT2D eigenvalue weighted by atomic mass is 16.6. The molecule has 7 nitrogen and oxygen atoms in total. The molecule has 4 rings (SSSR count). The van der Waals surface area contributed by atoms with Crippen LogP contribution in [0.4, 0.5) is 0 Å². The van der Waals surface area contributed by atoms with Crippen molar-refractivity contribution in [1.29, 1.82) is 0 Å². The van der Waals surface area contributed by atoms with Crippen molar-refractivity contribution in [3.63, 3.8) is 0 Å². The molecule has 2 N–H and O–H groups in total. The third-order valence-electron chi connectivity index (χ3n) is 8.28. The predicted octanol–water partition coefficient (Wildman–Crippen LogP) is 0.898. The second-order valence-electron chi connectivity index (χ2n) is 9.78. The van der Waals surface area contributed by atoms with Crippen LogP contribution in [0.3, 0.4) is 0 Å². The molecule has 2 saturated heterocycles. The number of hydrogen-bond donors (Lipinski definition) is 2. The average molecular weight is 423 g/mol. The molecule has 170 valence electrons. The number of aliphatic hydroxyl groups excluding tert-OH is 2. The predicted molar refractivity (Wildman–Crippen MR) is 113 cm³/mol. The maximum atomic E-state index is 12.8. The number of ether oxygens (including phenoxy) is 2. The minimum Gasteiger partial charge on any atom is -0.461 e. The lowest BCUT2D eigenvalue weighted by atomic mass is 9.55. The smallest absolute Gasteiger partial charge is 0.311 e. The number of rotatable bonds is 7. The van der Waals surface area contributed by atoms with E-state index in [-0.39, 0.29) is 35.9 Å². The van der Waals surface area contributed by atoms with E-state index in [2.05, 4.69) is 29.7 Å². The molecule has 0 aromatic carbocycles. The molecular weight excluding hydrogens is 384 g/mol. The van der Waals surface area contributed by atoms with Crippen LogP contribution in [0.2, 0.25) is 0 Å². The molecule has 0 spiro atoms. The minimum atomic E-state index is -0.529. The number of nitrogens with zero attached hydrogens (tertiary/aromatic N) is 2. The summed E-state index contributed by atoms with van der Waals surface area (Å²) < 4.78 is 11.2. The largest absolute Gasteiger partial charge is 0.461 e. The summed E-state index contributed by atoms with van der Waals surface area (Å²) in [6, 6.07) is 0. The summed E-state index contributed by atoms with van der Waals surface area (Å²) in [4.78, 5) is 17.5. The van der Waals surface area contributed by atoms with Gasteiger partial charge in [0.2, 0.25) is 0 Å². The van der Waals surface area contributed by atoms with Gasteiger partial charge in [0.05, 0.1) is 31.8 Å². The van der Waals surface area contributed by atoms with Crippen molar-refractivity contribution in [2.24, 2.45) is 23.2 Å². The molecule has 0 aromatic heterocycles. The quantitative estimate of drug-likeness (QED) is 0.358. The van der Waals surface area contributed by atoms with Crippen LogP contribution in [-0.2, 0) is 14.3 Å². The maximum absolute atomic E-state index is 12.8. The highest BCUT2D eigenvalue weighted by molar-refractivity contribution is 5.76. The van der Waals surface area contributed by atoms with Gasteiger partial charge >= 0.3 is 5.97 Å². The van der Waals surface area contributed by atoms with Crippen LogP contribution in [0.15, 0.2) is 11.6 Å². The average Bonchev–Trinajstić information content (AvgIpc) is 3.04. The number of carbonyl (C=O) groups excluding carboxylic acids is 1. The summed E-state index contributed by atoms with van der Waals surface area (Å²) in [6.45, 7) is 10.8. The number of allylic oxidation sites excluding steroid dienone is 1. The van der Waals surface area contributed by atoms with Crippen LogP contribution in [0.5, 0.6) is 0 Å². The van der Waals surface area contributed by atoms with Crippen LogP contribution >= 0.6 is 0 Å². The molecule has 0 amide bonds. The lowest BCUT2D eigenvalue weighted by Gasteiger charge is -2.52. The number of carbonyl (C=O) groups is 1. The standard InChI is InChI=1S/C23H38N2O5/c1-16-4-3-5-17-14-19-20(21(27)23(16,17)2)18(22(28)30-19)15-25-8-6-24(7-9-25)10-12-29-13-11-26/h5,16,18-21,26-27H,3-4,6-15H2,1-2H3/t16-,18+,19-,20-,21-,23-/m1/s1. The summed E-state index contributed by atoms with van der Waals surface area (Å²) in [7, 11) is 0. The van der Waals surface area contributed by atoms with E-state index in [1.807, 2.05) is 0 Å². The second kappa shape index (κ2) is 9.25. The number of hydrogen-bond acceptors (Lipinski definition) is 7. The van der Waals surface area contributed by atoms with Crippen molar-refractivity contribution >= 4 is 5.97 Å². The summed E-state index contributed by atoms with van der Waals surface area (Å²) in [5.74, 6) is -0.0529. The highest BCUT2D eigenvalue weighted by Gasteiger charge is 2.59. The van der Waals surface area contributed by atoms with Crippen LogP contribution in [0, 0.1) is 23.2 Å². The zero-order chi connectivity index (χ0) is 21.3. The summed E-state index contributed by atoms with van der Waals surface area (Å²) in [5.41, 5.74) is 1.05. The monoisotopic (exact) mass is 422 g/mol. The first-order valence-electron chi connectivity index (χ1n) is 11.7. The summed E-state index contributed by atoms with van der Waals surface area (Å²) >= 11 is 0. The van der Waals surface area contributed by atoms with Crippen molar-refractivity contribution in [1.82, 2.24) is 9.80 Å². The van der Waals surface area contributed by atoms with E-state index < -0.39 is 6.10 Å². The van der Waals surface area contributed by atoms with Gasteiger partial charge in [-0.2, -0.15) is 0 Å². The third kappa shape index (κ3) is 4.07. The molecule has 0 bridgehead atoms. The van der Waals surface area contributed by atoms with Gasteiger partial charge in [0.1, 0.15) is 6.10 Å². The van der Waals surface area contributed by atoms with E-state index in [4.69, 9.17) is 14.6 Å². The molecule has 0 radical (unpaired) electrons. The van der Waals surface area contributed by atoms with Gasteiger partial charge in [0.15, 0.2) is 0 Å². The first-order chi connectivity index (χ1) is 14.4. The Morgan fingerprint density at radius 1 is 1.23 bits per heavy atom. The van der Waals surface area contributed by atoms with Crippen molar-refractivity contribution in [2.75, 3.05) is 59.1 Å². The van der Waals surface area contributed by atoms with Gasteiger partial charge in [0.25, 0.3) is 0 Å². The third-order valence-corrected chi connectivity index (χ3v) is 8.28. The summed E-state index contributed by atoms with van der Waals surface area (Å²) in [5, 5.41) is 20.3. The fourth-order valence-electron chi connectivity index (χ4n) is 6.11. The Morgan fingerprint density at radius 2 is 1.97 bits per heavy atom. The topological polar surface area (TPSA) is 82.5 Å². The van der Waals surface area contributed by atoms with Gasteiger partial charge in [-0.25, -0.2) is 0 Å². The molecule has 3 fully saturated rings. The molecule has 0 aromatic rings. The van der Waals surface area contributed by atoms with Gasteiger partial charge in [-0.05, 0) is 18.8 Å². The molecule has 4 aliphatic rings. The number of piperazine rings is 1. The normalized spacial score (nSPS) is 39.9. The van der Waals surface area contributed by atoms with E-state index in [1.54, 1.807) is 0 Å². The SMILES string of the molecule is C[C@@H]1CCC=C2C[C@H]3OC(=O)[C@@H](CN4CCN(CCOCCO)CC4)[C@H]3[C@@H](O)[C@@]21C. The number of esters is 1. The van der Waals surface area contributed by atoms with Gasteiger partial charge in [-0.15, -0.1) is 0 Å². The number of aliphatic hydroxyl groups is 2. The zero-order valence-corrected chi connectivity index (χ0v) is 18.5. The molecule has 6 atom stereocenters. The van der Waals surface area contributed by atoms with Crippen LogP contribution in [-0.4, -0.2) is 97.3 Å². The molecule has 2 heterocycles. The molecule has 2 aliphatic carbocycles. The highest BCUT2D eigenvalue weighted by Crippen LogP contribution is 2.56. The Balaban J connectivity index is 1.36. The Hall–Kier alpha value is -0.990. The first-order valence-corrected chi connectivity index (χ1v) is 11.7. The van der Waals surface area contributed by atoms with E-state index in [0.29, 0.717) is 25.7 Å². The Labute approximate surface area is 180 Å². The van der Waals surface area contributed by atoms with Crippen LogP contribution in [0.25, 0.3) is 0 Å². The van der Waals surface area contributed by atoms with E-state index >= 15 is 0 Å². The van der Waals surface area contributed by atoms with E-state index in [9.17, 15) is 9.90 Å². The fourth-order valence-corrected chi connectivity index (χ4v) is 6.11. The van der Waals surface area contributed by atoms with E-state index in [0.717, 1.165) is 52.0 Å². The van der Waals surface area contributed by atoms with E-state index in [1.165, 1.54) is 5.57 Å². The fraction of sp³-hybridized carbons (Fsp3) is 0.870. The lowest BCUT2D eigenvalue weighted by molar-refractivity contribution is -0.145. The summed E-state index contributed by atoms with van der Waals surface area (Å²) in [6.07, 6.45) is 4.52. The molecule has 7 heteroatoms. The Morgan fingerprint density at radius 3 is 2.70 bits per heavy atom. The molecular formula is C23H38N2O5. The zero-order valence-electron chi connectivity index (χ0n) is 18.5. The Kier molecular flexibility index (Phi) is 6.85. The molecule has 2 aliphatic heterocycles. The molecule has 0 unspecified atom stereocenters. The van der Waals surface area contributed by atoms with Gasteiger partial charge in [-0.3, -0.25) is 14.6 Å². The lowest BCUT2D eigenvalue weighted by Crippen LogP contribution is -2.55. The van der Waals surface area contributed by atoms with Crippen molar-refractivity contribution in [3.05, 3.63) is 11.6 Å². The Bertz CT molecular complexity index is 648. The second-order valence-corrected chi connectivity index (χ2v) is 9.78. The van der Waals surface area contributed by atoms with Crippen LogP contribution in [0.1, 0.15) is 33.1 Å². The molecule has 30 heavy (non-hydrogen) atoms. The minimum absolute atomic E-state index is 0.0639. The van der Waals surface area contributed by atoms with Crippen molar-refractivity contribution in [3.8, 4) is 0 Å². The first kappa shape index (κ1) is 22.2. The number of fused-ring (bicyclic) bond motifs is 2.